The molecule has 0 radical (unpaired) electrons. The number of nitrogens with one attached hydrogen (secondary N) is 1. The molecular formula is C23H28N5O3P. The highest BCUT2D eigenvalue weighted by Gasteiger charge is 2.32. The summed E-state index contributed by atoms with van der Waals surface area (Å²) in [6.45, 7) is 1.80. The molecular weight excluding hydrogens is 425 g/mol. The average Bonchev–Trinajstić information content (AvgIpc) is 3.40. The number of para-hydroxylation sites is 1. The molecule has 3 N–H and O–H groups in total. The van der Waals surface area contributed by atoms with Crippen molar-refractivity contribution in [2.75, 3.05) is 30.5 Å². The van der Waals surface area contributed by atoms with E-state index in [1.54, 1.807) is 24.8 Å². The lowest BCUT2D eigenvalue weighted by Gasteiger charge is -2.16. The Morgan fingerprint density at radius 1 is 1.25 bits per heavy atom. The zero-order valence-corrected chi connectivity index (χ0v) is 19.5. The van der Waals surface area contributed by atoms with Gasteiger partial charge in [0.1, 0.15) is 13.0 Å². The van der Waals surface area contributed by atoms with Crippen LogP contribution in [0.25, 0.3) is 11.3 Å². The van der Waals surface area contributed by atoms with Gasteiger partial charge in [-0.15, -0.1) is 0 Å². The average molecular weight is 453 g/mol. The Morgan fingerprint density at radius 3 is 2.69 bits per heavy atom. The lowest BCUT2D eigenvalue weighted by atomic mass is 10.1. The molecule has 0 bridgehead atoms. The number of aryl methyl sites for hydroxylation is 1. The normalized spacial score (nSPS) is 15.0. The molecule has 1 aliphatic heterocycles. The molecule has 0 spiro atoms. The summed E-state index contributed by atoms with van der Waals surface area (Å²) < 4.78 is 20.8. The third kappa shape index (κ3) is 4.02. The predicted molar refractivity (Wildman–Crippen MR) is 128 cm³/mol. The Balaban J connectivity index is 1.76. The Bertz CT molecular complexity index is 1210. The van der Waals surface area contributed by atoms with Gasteiger partial charge >= 0.3 is 0 Å². The summed E-state index contributed by atoms with van der Waals surface area (Å²) in [6, 6.07) is 9.23. The van der Waals surface area contributed by atoms with Crippen molar-refractivity contribution in [2.24, 2.45) is 7.05 Å². The van der Waals surface area contributed by atoms with E-state index in [0.717, 1.165) is 36.2 Å². The van der Waals surface area contributed by atoms with Crippen LogP contribution >= 0.6 is 7.14 Å². The lowest BCUT2D eigenvalue weighted by molar-refractivity contribution is 0.0988. The van der Waals surface area contributed by atoms with Crippen molar-refractivity contribution in [1.29, 1.82) is 0 Å². The molecule has 32 heavy (non-hydrogen) atoms. The fourth-order valence-corrected chi connectivity index (χ4v) is 7.32. The first-order valence-corrected chi connectivity index (χ1v) is 12.8. The number of benzene rings is 1. The van der Waals surface area contributed by atoms with Crippen molar-refractivity contribution in [1.82, 2.24) is 14.8 Å². The van der Waals surface area contributed by atoms with Crippen LogP contribution in [0.3, 0.4) is 0 Å². The van der Waals surface area contributed by atoms with Gasteiger partial charge in [0.25, 0.3) is 0 Å². The van der Waals surface area contributed by atoms with Gasteiger partial charge in [0.2, 0.25) is 0 Å². The molecule has 8 nitrogen and oxygen atoms in total. The monoisotopic (exact) mass is 453 g/mol. The quantitative estimate of drug-likeness (QED) is 0.407. The highest BCUT2D eigenvalue weighted by molar-refractivity contribution is 7.71. The number of rotatable bonds is 7. The topological polar surface area (TPSA) is 112 Å². The number of aromatic nitrogens is 3. The first-order valence-electron chi connectivity index (χ1n) is 10.7. The maximum atomic E-state index is 13.4. The highest BCUT2D eigenvalue weighted by atomic mass is 31.2. The SMILES string of the molecule is CCC(=O)c1cnc(N)cc1Nc1cccc(-c2cc(P3(=O)CCCC3)n(C)n2)c1OC. The van der Waals surface area contributed by atoms with Gasteiger partial charge in [-0.3, -0.25) is 9.48 Å². The molecule has 3 heterocycles. The predicted octanol–water partition coefficient (Wildman–Crippen LogP) is 4.19. The molecule has 1 aliphatic rings. The van der Waals surface area contributed by atoms with Gasteiger partial charge in [0.05, 0.1) is 35.2 Å². The number of methoxy groups -OCH3 is 1. The molecule has 1 saturated heterocycles. The van der Waals surface area contributed by atoms with Crippen LogP contribution in [0, 0.1) is 0 Å². The number of hydrogen-bond donors (Lipinski definition) is 2. The fraction of sp³-hybridized carbons (Fsp3) is 0.348. The first kappa shape index (κ1) is 22.1. The van der Waals surface area contributed by atoms with Gasteiger partial charge in [-0.1, -0.05) is 13.0 Å². The standard InChI is InChI=1S/C23H28N5O3P/c1-4-20(29)16-14-25-21(24)12-18(16)26-17-9-7-8-15(23(17)31-3)19-13-22(28(2)27-19)32(30)10-5-6-11-32/h7-9,12-14H,4-6,10-11H2,1-3H3,(H3,24,25,26). The Labute approximate surface area is 187 Å². The highest BCUT2D eigenvalue weighted by Crippen LogP contribution is 2.51. The van der Waals surface area contributed by atoms with Gasteiger partial charge < -0.3 is 20.4 Å². The summed E-state index contributed by atoms with van der Waals surface area (Å²) in [5.41, 5.74) is 9.85. The first-order chi connectivity index (χ1) is 15.4. The number of nitrogens with zero attached hydrogens (tertiary/aromatic N) is 3. The van der Waals surface area contributed by atoms with E-state index < -0.39 is 7.14 Å². The molecule has 1 fully saturated rings. The molecule has 0 amide bonds. The molecule has 9 heteroatoms. The van der Waals surface area contributed by atoms with E-state index in [0.29, 0.717) is 40.6 Å². The third-order valence-electron chi connectivity index (χ3n) is 5.87. The van der Waals surface area contributed by atoms with Crippen LogP contribution < -0.4 is 21.2 Å². The molecule has 2 aromatic heterocycles. The minimum atomic E-state index is -2.39. The Morgan fingerprint density at radius 2 is 2.00 bits per heavy atom. The Kier molecular flexibility index (Phi) is 6.07. The number of nitrogen functional groups attached to an aromatic ring is 1. The van der Waals surface area contributed by atoms with E-state index in [2.05, 4.69) is 15.4 Å². The van der Waals surface area contributed by atoms with E-state index in [-0.39, 0.29) is 5.78 Å². The molecule has 0 saturated carbocycles. The number of anilines is 3. The summed E-state index contributed by atoms with van der Waals surface area (Å²) in [7, 11) is 1.04. The fourth-order valence-electron chi connectivity index (χ4n) is 4.24. The summed E-state index contributed by atoms with van der Waals surface area (Å²) >= 11 is 0. The number of ether oxygens (including phenoxy) is 1. The number of ketones is 1. The van der Waals surface area contributed by atoms with E-state index in [1.165, 1.54) is 6.20 Å². The number of carbonyl (C=O) groups is 1. The number of Topliss-reactive ketones (excluding diaryl/α,β-unsaturated/α-hetero) is 1. The molecule has 0 aliphatic carbocycles. The van der Waals surface area contributed by atoms with Gasteiger partial charge in [-0.05, 0) is 31.0 Å². The largest absolute Gasteiger partial charge is 0.494 e. The zero-order chi connectivity index (χ0) is 22.9. The lowest BCUT2D eigenvalue weighted by Crippen LogP contribution is -2.16. The maximum absolute atomic E-state index is 13.4. The third-order valence-corrected chi connectivity index (χ3v) is 9.20. The summed E-state index contributed by atoms with van der Waals surface area (Å²) in [5.74, 6) is 0.851. The maximum Gasteiger partial charge on any atom is 0.166 e. The van der Waals surface area contributed by atoms with Gasteiger partial charge in [-0.25, -0.2) is 4.98 Å². The van der Waals surface area contributed by atoms with Crippen LogP contribution in [0.4, 0.5) is 17.2 Å². The molecule has 4 rings (SSSR count). The minimum Gasteiger partial charge on any atom is -0.494 e. The summed E-state index contributed by atoms with van der Waals surface area (Å²) in [4.78, 5) is 16.4. The molecule has 0 unspecified atom stereocenters. The second-order valence-electron chi connectivity index (χ2n) is 8.00. The van der Waals surface area contributed by atoms with Crippen LogP contribution in [0.15, 0.2) is 36.5 Å². The zero-order valence-electron chi connectivity index (χ0n) is 18.6. The summed E-state index contributed by atoms with van der Waals surface area (Å²) in [6.07, 6.45) is 5.31. The van der Waals surface area contributed by atoms with Crippen molar-refractivity contribution in [3.05, 3.63) is 42.1 Å². The van der Waals surface area contributed by atoms with Crippen molar-refractivity contribution in [2.45, 2.75) is 26.2 Å². The minimum absolute atomic E-state index is 0.0363. The van der Waals surface area contributed by atoms with Crippen molar-refractivity contribution < 1.29 is 14.1 Å². The van der Waals surface area contributed by atoms with Gasteiger partial charge in [-0.2, -0.15) is 5.10 Å². The Hall–Kier alpha value is -3.12. The van der Waals surface area contributed by atoms with Crippen LogP contribution in [0.1, 0.15) is 36.5 Å². The van der Waals surface area contributed by atoms with Crippen LogP contribution in [-0.4, -0.2) is 40.0 Å². The number of pyridine rings is 1. The van der Waals surface area contributed by atoms with E-state index in [4.69, 9.17) is 10.5 Å². The second kappa shape index (κ2) is 8.79. The van der Waals surface area contributed by atoms with Crippen LogP contribution in [0.2, 0.25) is 0 Å². The van der Waals surface area contributed by atoms with Crippen molar-refractivity contribution in [3.63, 3.8) is 0 Å². The van der Waals surface area contributed by atoms with Crippen LogP contribution in [0.5, 0.6) is 5.75 Å². The van der Waals surface area contributed by atoms with Crippen molar-refractivity contribution in [3.8, 4) is 17.0 Å². The smallest absolute Gasteiger partial charge is 0.166 e. The number of carbonyl (C=O) groups excluding carboxylic acids is 1. The van der Waals surface area contributed by atoms with Crippen LogP contribution in [-0.2, 0) is 11.6 Å². The second-order valence-corrected chi connectivity index (χ2v) is 11.1. The molecule has 168 valence electrons. The summed E-state index contributed by atoms with van der Waals surface area (Å²) in [5, 5.41) is 7.94. The van der Waals surface area contributed by atoms with Gasteiger partial charge in [0.15, 0.2) is 11.5 Å². The number of nitrogens with two attached hydrogens (primary N) is 1. The number of hydrogen-bond acceptors (Lipinski definition) is 7. The van der Waals surface area contributed by atoms with E-state index in [1.807, 2.05) is 31.3 Å². The molecule has 3 aromatic rings. The molecule has 0 atom stereocenters. The van der Waals surface area contributed by atoms with E-state index in [9.17, 15) is 9.36 Å². The molecule has 1 aromatic carbocycles. The van der Waals surface area contributed by atoms with E-state index >= 15 is 0 Å². The van der Waals surface area contributed by atoms with Gasteiger partial charge in [0, 0.05) is 43.6 Å². The van der Waals surface area contributed by atoms with Crippen molar-refractivity contribution >= 4 is 35.6 Å².